The second kappa shape index (κ2) is 9.48. The van der Waals surface area contributed by atoms with Gasteiger partial charge in [-0.2, -0.15) is 0 Å². The summed E-state index contributed by atoms with van der Waals surface area (Å²) in [6.45, 7) is 2.46. The van der Waals surface area contributed by atoms with Crippen molar-refractivity contribution in [1.82, 2.24) is 10.6 Å². The lowest BCUT2D eigenvalue weighted by Gasteiger charge is -2.17. The number of unbranched alkanes of at least 4 members (excludes halogenated alkanes) is 1. The number of hydrogen-bond donors (Lipinski definition) is 2. The monoisotopic (exact) mass is 278 g/mol. The third kappa shape index (κ3) is 6.66. The summed E-state index contributed by atoms with van der Waals surface area (Å²) < 4.78 is 0. The number of carbonyl (C=O) groups excluding carboxylic acids is 2. The minimum Gasteiger partial charge on any atom is -0.346 e. The molecule has 0 radical (unpaired) electrons. The number of ketones is 1. The summed E-state index contributed by atoms with van der Waals surface area (Å²) in [7, 11) is 1.90. The van der Waals surface area contributed by atoms with E-state index < -0.39 is 0 Å². The van der Waals surface area contributed by atoms with Gasteiger partial charge in [0.25, 0.3) is 0 Å². The number of amides is 1. The molecule has 0 aliphatic heterocycles. The highest BCUT2D eigenvalue weighted by molar-refractivity contribution is 5.87. The Morgan fingerprint density at radius 1 is 1.30 bits per heavy atom. The number of Topliss-reactive ketones (excluding diaryl/α,β-unsaturated/α-hetero) is 1. The van der Waals surface area contributed by atoms with Gasteiger partial charge in [0, 0.05) is 6.42 Å². The molecule has 1 rings (SSSR count). The Morgan fingerprint density at radius 2 is 2.10 bits per heavy atom. The normalized spacial score (nSPS) is 15.6. The summed E-state index contributed by atoms with van der Waals surface area (Å²) in [5, 5.41) is 5.91. The molecule has 2 N–H and O–H groups in total. The SMILES string of the molecule is CNCCCCC(=O)NC(CC1=CCCC=C1)C(C)=O. The van der Waals surface area contributed by atoms with Gasteiger partial charge < -0.3 is 10.6 Å². The fourth-order valence-corrected chi connectivity index (χ4v) is 2.21. The molecule has 1 unspecified atom stereocenters. The zero-order valence-electron chi connectivity index (χ0n) is 12.6. The lowest BCUT2D eigenvalue weighted by molar-refractivity contribution is -0.126. The van der Waals surface area contributed by atoms with Crippen LogP contribution in [0.25, 0.3) is 0 Å². The van der Waals surface area contributed by atoms with Crippen LogP contribution >= 0.6 is 0 Å². The molecule has 1 aliphatic carbocycles. The Bertz CT molecular complexity index is 386. The Kier molecular flexibility index (Phi) is 7.88. The molecule has 0 saturated carbocycles. The molecule has 0 fully saturated rings. The maximum absolute atomic E-state index is 11.8. The smallest absolute Gasteiger partial charge is 0.220 e. The zero-order valence-corrected chi connectivity index (χ0v) is 12.6. The Hall–Kier alpha value is -1.42. The lowest BCUT2D eigenvalue weighted by atomic mass is 9.98. The van der Waals surface area contributed by atoms with Crippen LogP contribution in [0.3, 0.4) is 0 Å². The van der Waals surface area contributed by atoms with Gasteiger partial charge in [-0.1, -0.05) is 18.2 Å². The van der Waals surface area contributed by atoms with Crippen molar-refractivity contribution >= 4 is 11.7 Å². The summed E-state index contributed by atoms with van der Waals surface area (Å²) in [6, 6.07) is -0.388. The van der Waals surface area contributed by atoms with E-state index in [0.717, 1.165) is 37.8 Å². The predicted octanol–water partition coefficient (Wildman–Crippen LogP) is 2.12. The Labute approximate surface area is 121 Å². The van der Waals surface area contributed by atoms with Gasteiger partial charge in [0.15, 0.2) is 5.78 Å². The van der Waals surface area contributed by atoms with Crippen molar-refractivity contribution < 1.29 is 9.59 Å². The average Bonchev–Trinajstić information content (AvgIpc) is 2.44. The molecule has 0 bridgehead atoms. The molecule has 0 saturated heterocycles. The van der Waals surface area contributed by atoms with Crippen molar-refractivity contribution in [3.05, 3.63) is 23.8 Å². The Balaban J connectivity index is 2.38. The van der Waals surface area contributed by atoms with E-state index in [-0.39, 0.29) is 17.7 Å². The number of hydrogen-bond acceptors (Lipinski definition) is 3. The van der Waals surface area contributed by atoms with Gasteiger partial charge in [-0.05, 0) is 58.2 Å². The summed E-state index contributed by atoms with van der Waals surface area (Å²) in [5.74, 6) is -0.00450. The standard InChI is InChI=1S/C16H26N2O2/c1-13(19)15(12-14-8-4-3-5-9-14)18-16(20)10-6-7-11-17-2/h4,8-9,15,17H,3,5-7,10-12H2,1-2H3,(H,18,20). The van der Waals surface area contributed by atoms with Crippen LogP contribution in [0, 0.1) is 0 Å². The predicted molar refractivity (Wildman–Crippen MR) is 81.5 cm³/mol. The van der Waals surface area contributed by atoms with E-state index in [2.05, 4.69) is 28.9 Å². The molecule has 1 aliphatic rings. The van der Waals surface area contributed by atoms with Crippen molar-refractivity contribution in [1.29, 1.82) is 0 Å². The van der Waals surface area contributed by atoms with E-state index in [1.807, 2.05) is 7.05 Å². The van der Waals surface area contributed by atoms with Crippen molar-refractivity contribution in [2.45, 2.75) is 51.5 Å². The van der Waals surface area contributed by atoms with Gasteiger partial charge in [-0.25, -0.2) is 0 Å². The highest BCUT2D eigenvalue weighted by Crippen LogP contribution is 2.15. The quantitative estimate of drug-likeness (QED) is 0.635. The third-order valence-corrected chi connectivity index (χ3v) is 3.42. The fraction of sp³-hybridized carbons (Fsp3) is 0.625. The summed E-state index contributed by atoms with van der Waals surface area (Å²) >= 11 is 0. The molecule has 4 heteroatoms. The minimum atomic E-state index is -0.388. The topological polar surface area (TPSA) is 58.2 Å². The van der Waals surface area contributed by atoms with Crippen LogP contribution in [-0.4, -0.2) is 31.3 Å². The molecule has 0 spiro atoms. The van der Waals surface area contributed by atoms with Crippen molar-refractivity contribution in [3.63, 3.8) is 0 Å². The molecule has 4 nitrogen and oxygen atoms in total. The molecule has 1 atom stereocenters. The first-order valence-corrected chi connectivity index (χ1v) is 7.43. The second-order valence-electron chi connectivity index (χ2n) is 5.25. The molecular formula is C16H26N2O2. The minimum absolute atomic E-state index is 0.0217. The largest absolute Gasteiger partial charge is 0.346 e. The van der Waals surface area contributed by atoms with Crippen LogP contribution in [0.15, 0.2) is 23.8 Å². The first-order valence-electron chi connectivity index (χ1n) is 7.43. The first-order chi connectivity index (χ1) is 9.63. The van der Waals surface area contributed by atoms with Gasteiger partial charge in [-0.3, -0.25) is 9.59 Å². The summed E-state index contributed by atoms with van der Waals surface area (Å²) in [4.78, 5) is 23.5. The summed E-state index contributed by atoms with van der Waals surface area (Å²) in [6.07, 6.45) is 11.3. The van der Waals surface area contributed by atoms with E-state index in [9.17, 15) is 9.59 Å². The van der Waals surface area contributed by atoms with Crippen molar-refractivity contribution in [2.75, 3.05) is 13.6 Å². The maximum Gasteiger partial charge on any atom is 0.220 e. The molecular weight excluding hydrogens is 252 g/mol. The summed E-state index contributed by atoms with van der Waals surface area (Å²) in [5.41, 5.74) is 1.15. The fourth-order valence-electron chi connectivity index (χ4n) is 2.21. The molecule has 0 heterocycles. The molecule has 0 aromatic carbocycles. The third-order valence-electron chi connectivity index (χ3n) is 3.42. The van der Waals surface area contributed by atoms with Crippen LogP contribution < -0.4 is 10.6 Å². The van der Waals surface area contributed by atoms with Crippen LogP contribution in [-0.2, 0) is 9.59 Å². The highest BCUT2D eigenvalue weighted by Gasteiger charge is 2.18. The van der Waals surface area contributed by atoms with E-state index in [4.69, 9.17) is 0 Å². The lowest BCUT2D eigenvalue weighted by Crippen LogP contribution is -2.40. The molecule has 112 valence electrons. The molecule has 20 heavy (non-hydrogen) atoms. The Morgan fingerprint density at radius 3 is 2.70 bits per heavy atom. The van der Waals surface area contributed by atoms with E-state index in [1.54, 1.807) is 6.92 Å². The first kappa shape index (κ1) is 16.6. The average molecular weight is 278 g/mol. The molecule has 1 amide bonds. The van der Waals surface area contributed by atoms with Crippen molar-refractivity contribution in [2.24, 2.45) is 0 Å². The van der Waals surface area contributed by atoms with Crippen LogP contribution in [0.1, 0.15) is 45.4 Å². The van der Waals surface area contributed by atoms with Crippen LogP contribution in [0.4, 0.5) is 0 Å². The van der Waals surface area contributed by atoms with E-state index >= 15 is 0 Å². The van der Waals surface area contributed by atoms with Gasteiger partial charge >= 0.3 is 0 Å². The van der Waals surface area contributed by atoms with Gasteiger partial charge in [-0.15, -0.1) is 0 Å². The number of rotatable bonds is 9. The number of carbonyl (C=O) groups is 2. The van der Waals surface area contributed by atoms with Gasteiger partial charge in [0.2, 0.25) is 5.91 Å². The van der Waals surface area contributed by atoms with E-state index in [1.165, 1.54) is 0 Å². The van der Waals surface area contributed by atoms with Crippen LogP contribution in [0.2, 0.25) is 0 Å². The maximum atomic E-state index is 11.8. The van der Waals surface area contributed by atoms with E-state index in [0.29, 0.717) is 12.8 Å². The second-order valence-corrected chi connectivity index (χ2v) is 5.25. The molecule has 0 aromatic rings. The van der Waals surface area contributed by atoms with Crippen LogP contribution in [0.5, 0.6) is 0 Å². The zero-order chi connectivity index (χ0) is 14.8. The highest BCUT2D eigenvalue weighted by atomic mass is 16.2. The number of allylic oxidation sites excluding steroid dienone is 3. The molecule has 0 aromatic heterocycles. The van der Waals surface area contributed by atoms with Gasteiger partial charge in [0.05, 0.1) is 6.04 Å². The van der Waals surface area contributed by atoms with Gasteiger partial charge in [0.1, 0.15) is 0 Å². The van der Waals surface area contributed by atoms with Crippen molar-refractivity contribution in [3.8, 4) is 0 Å². The number of nitrogens with one attached hydrogen (secondary N) is 2.